The first-order valence-electron chi connectivity index (χ1n) is 8.54. The van der Waals surface area contributed by atoms with Crippen molar-refractivity contribution in [2.24, 2.45) is 16.5 Å². The third-order valence-corrected chi connectivity index (χ3v) is 4.39. The van der Waals surface area contributed by atoms with Crippen LogP contribution in [0, 0.1) is 5.41 Å². The van der Waals surface area contributed by atoms with E-state index in [1.165, 1.54) is 0 Å². The molecule has 2 aliphatic rings. The Hall–Kier alpha value is -2.45. The Morgan fingerprint density at radius 2 is 1.77 bits per heavy atom. The summed E-state index contributed by atoms with van der Waals surface area (Å²) in [6.07, 6.45) is 5.26. The lowest BCUT2D eigenvalue weighted by molar-refractivity contribution is -0.182. The number of amidine groups is 1. The fourth-order valence-corrected chi connectivity index (χ4v) is 3.01. The number of aliphatic imine (C=N–C) groups is 1. The Labute approximate surface area is 153 Å². The van der Waals surface area contributed by atoms with E-state index in [9.17, 15) is 4.79 Å². The first kappa shape index (κ1) is 19.9. The molecule has 2 rings (SSSR count). The second-order valence-corrected chi connectivity index (χ2v) is 6.54. The van der Waals surface area contributed by atoms with Crippen molar-refractivity contribution in [1.82, 2.24) is 4.90 Å². The van der Waals surface area contributed by atoms with Gasteiger partial charge in [0, 0.05) is 31.6 Å². The van der Waals surface area contributed by atoms with Crippen LogP contribution in [0.25, 0.3) is 0 Å². The van der Waals surface area contributed by atoms with Crippen LogP contribution in [0.1, 0.15) is 26.7 Å². The SMILES string of the molecule is C=C(/C=C\C(=C(C)C)N1CCC2(CC1)OCCO2)N=C(N)C(=N)C(N)=O. The van der Waals surface area contributed by atoms with Crippen LogP contribution in [0.4, 0.5) is 0 Å². The molecule has 0 aliphatic carbocycles. The topological polar surface area (TPSA) is 127 Å². The fraction of sp³-hybridized carbons (Fsp3) is 0.500. The average Bonchev–Trinajstić information content (AvgIpc) is 3.03. The number of carbonyl (C=O) groups is 1. The van der Waals surface area contributed by atoms with Crippen LogP contribution in [-0.4, -0.2) is 54.4 Å². The number of primary amides is 1. The summed E-state index contributed by atoms with van der Waals surface area (Å²) in [4.78, 5) is 17.2. The van der Waals surface area contributed by atoms with Crippen molar-refractivity contribution in [3.8, 4) is 0 Å². The first-order valence-corrected chi connectivity index (χ1v) is 8.54. The number of hydrogen-bond donors (Lipinski definition) is 3. The molecule has 8 heteroatoms. The molecule has 0 unspecified atom stereocenters. The fourth-order valence-electron chi connectivity index (χ4n) is 3.01. The third kappa shape index (κ3) is 4.80. The van der Waals surface area contributed by atoms with Crippen LogP contribution in [0.15, 0.2) is 40.7 Å². The molecule has 2 saturated heterocycles. The van der Waals surface area contributed by atoms with Gasteiger partial charge in [-0.25, -0.2) is 4.99 Å². The van der Waals surface area contributed by atoms with Crippen LogP contribution in [-0.2, 0) is 14.3 Å². The second kappa shape index (κ2) is 8.29. The molecule has 0 bridgehead atoms. The lowest BCUT2D eigenvalue weighted by Crippen LogP contribution is -2.44. The number of allylic oxidation sites excluding steroid dienone is 3. The number of ether oxygens (including phenoxy) is 2. The Morgan fingerprint density at radius 3 is 2.27 bits per heavy atom. The Kier molecular flexibility index (Phi) is 6.33. The van der Waals surface area contributed by atoms with E-state index in [0.717, 1.165) is 37.2 Å². The van der Waals surface area contributed by atoms with E-state index >= 15 is 0 Å². The number of piperidine rings is 1. The van der Waals surface area contributed by atoms with Crippen molar-refractivity contribution in [2.45, 2.75) is 32.5 Å². The first-order chi connectivity index (χ1) is 12.2. The van der Waals surface area contributed by atoms with Crippen LogP contribution < -0.4 is 11.5 Å². The second-order valence-electron chi connectivity index (χ2n) is 6.54. The zero-order valence-electron chi connectivity index (χ0n) is 15.4. The molecular weight excluding hydrogens is 334 g/mol. The van der Waals surface area contributed by atoms with E-state index in [0.29, 0.717) is 18.9 Å². The average molecular weight is 361 g/mol. The summed E-state index contributed by atoms with van der Waals surface area (Å²) in [5, 5.41) is 7.43. The predicted octanol–water partition coefficient (Wildman–Crippen LogP) is 1.05. The number of nitrogens with zero attached hydrogens (tertiary/aromatic N) is 2. The van der Waals surface area contributed by atoms with Crippen molar-refractivity contribution in [2.75, 3.05) is 26.3 Å². The van der Waals surface area contributed by atoms with Crippen molar-refractivity contribution >= 4 is 17.5 Å². The Bertz CT molecular complexity index is 673. The van der Waals surface area contributed by atoms with Crippen molar-refractivity contribution in [3.05, 3.63) is 35.7 Å². The molecule has 2 heterocycles. The predicted molar refractivity (Wildman–Crippen MR) is 101 cm³/mol. The lowest BCUT2D eigenvalue weighted by atomic mass is 10.0. The summed E-state index contributed by atoms with van der Waals surface area (Å²) in [6, 6.07) is 0. The van der Waals surface area contributed by atoms with Crippen LogP contribution >= 0.6 is 0 Å². The summed E-state index contributed by atoms with van der Waals surface area (Å²) in [5.74, 6) is -1.59. The molecule has 1 amide bonds. The van der Waals surface area contributed by atoms with Gasteiger partial charge in [0.1, 0.15) is 0 Å². The Morgan fingerprint density at radius 1 is 1.19 bits per heavy atom. The molecule has 1 spiro atoms. The monoisotopic (exact) mass is 361 g/mol. The number of rotatable bonds is 6. The van der Waals surface area contributed by atoms with Gasteiger partial charge < -0.3 is 25.8 Å². The molecule has 2 aliphatic heterocycles. The highest BCUT2D eigenvalue weighted by Crippen LogP contribution is 2.33. The lowest BCUT2D eigenvalue weighted by Gasteiger charge is -2.39. The molecule has 0 aromatic rings. The molecule has 0 atom stereocenters. The summed E-state index contributed by atoms with van der Waals surface area (Å²) in [6.45, 7) is 10.8. The van der Waals surface area contributed by atoms with E-state index in [2.05, 4.69) is 16.5 Å². The summed E-state index contributed by atoms with van der Waals surface area (Å²) in [5.41, 5.74) is 12.6. The van der Waals surface area contributed by atoms with Crippen LogP contribution in [0.2, 0.25) is 0 Å². The van der Waals surface area contributed by atoms with Gasteiger partial charge in [-0.15, -0.1) is 0 Å². The quantitative estimate of drug-likeness (QED) is 0.370. The molecule has 26 heavy (non-hydrogen) atoms. The maximum atomic E-state index is 10.9. The molecule has 0 radical (unpaired) electrons. The van der Waals surface area contributed by atoms with Gasteiger partial charge in [-0.1, -0.05) is 12.2 Å². The third-order valence-electron chi connectivity index (χ3n) is 4.39. The normalized spacial score (nSPS) is 19.8. The maximum Gasteiger partial charge on any atom is 0.270 e. The van der Waals surface area contributed by atoms with Gasteiger partial charge in [-0.05, 0) is 26.0 Å². The highest BCUT2D eigenvalue weighted by atomic mass is 16.7. The number of nitrogens with two attached hydrogens (primary N) is 2. The zero-order chi connectivity index (χ0) is 19.3. The molecule has 0 aromatic carbocycles. The highest BCUT2D eigenvalue weighted by Gasteiger charge is 2.39. The number of hydrogen-bond acceptors (Lipinski definition) is 6. The molecule has 142 valence electrons. The van der Waals surface area contributed by atoms with Crippen molar-refractivity contribution in [1.29, 1.82) is 5.41 Å². The maximum absolute atomic E-state index is 10.9. The van der Waals surface area contributed by atoms with Gasteiger partial charge in [0.25, 0.3) is 5.91 Å². The van der Waals surface area contributed by atoms with Crippen LogP contribution in [0.5, 0.6) is 0 Å². The van der Waals surface area contributed by atoms with Crippen molar-refractivity contribution in [3.63, 3.8) is 0 Å². The minimum absolute atomic E-state index is 0.249. The highest BCUT2D eigenvalue weighted by molar-refractivity contribution is 6.64. The van der Waals surface area contributed by atoms with Gasteiger partial charge in [0.05, 0.1) is 18.9 Å². The summed E-state index contributed by atoms with van der Waals surface area (Å²) >= 11 is 0. The van der Waals surface area contributed by atoms with Gasteiger partial charge in [0.15, 0.2) is 17.3 Å². The summed E-state index contributed by atoms with van der Waals surface area (Å²) in [7, 11) is 0. The zero-order valence-corrected chi connectivity index (χ0v) is 15.4. The number of amides is 1. The smallest absolute Gasteiger partial charge is 0.270 e. The number of nitrogens with one attached hydrogen (secondary N) is 1. The van der Waals surface area contributed by atoms with Gasteiger partial charge >= 0.3 is 0 Å². The van der Waals surface area contributed by atoms with E-state index < -0.39 is 17.4 Å². The number of carbonyl (C=O) groups excluding carboxylic acids is 1. The van der Waals surface area contributed by atoms with E-state index in [4.69, 9.17) is 26.4 Å². The van der Waals surface area contributed by atoms with Crippen LogP contribution in [0.3, 0.4) is 0 Å². The molecule has 8 nitrogen and oxygen atoms in total. The minimum atomic E-state index is -0.924. The van der Waals surface area contributed by atoms with E-state index in [-0.39, 0.29) is 5.84 Å². The Balaban J connectivity index is 2.03. The summed E-state index contributed by atoms with van der Waals surface area (Å²) < 4.78 is 11.5. The number of likely N-dealkylation sites (tertiary alicyclic amines) is 1. The van der Waals surface area contributed by atoms with Gasteiger partial charge in [-0.3, -0.25) is 10.2 Å². The van der Waals surface area contributed by atoms with Crippen molar-refractivity contribution < 1.29 is 14.3 Å². The molecule has 5 N–H and O–H groups in total. The minimum Gasteiger partial charge on any atom is -0.382 e. The van der Waals surface area contributed by atoms with E-state index in [1.807, 2.05) is 19.9 Å². The van der Waals surface area contributed by atoms with E-state index in [1.54, 1.807) is 6.08 Å². The molecule has 2 fully saturated rings. The molecular formula is C18H27N5O3. The van der Waals surface area contributed by atoms with Gasteiger partial charge in [0.2, 0.25) is 0 Å². The van der Waals surface area contributed by atoms with Gasteiger partial charge in [-0.2, -0.15) is 0 Å². The largest absolute Gasteiger partial charge is 0.382 e. The molecule has 0 saturated carbocycles. The molecule has 0 aromatic heterocycles. The standard InChI is InChI=1S/C18H27N5O3/c1-12(2)14(5-4-13(3)22-16(20)15(19)17(21)24)23-8-6-18(7-9-23)25-10-11-26-18/h4-5,19H,3,6-11H2,1-2H3,(H2,20,22)(H2,21,24)/b5-4-,19-15?.